The zero-order chi connectivity index (χ0) is 13.1. The van der Waals surface area contributed by atoms with Crippen molar-refractivity contribution in [2.45, 2.75) is 13.3 Å². The lowest BCUT2D eigenvalue weighted by Crippen LogP contribution is -1.95. The third-order valence-electron chi connectivity index (χ3n) is 2.75. The average Bonchev–Trinajstić information content (AvgIpc) is 2.34. The Labute approximate surface area is 105 Å². The van der Waals surface area contributed by atoms with Crippen LogP contribution in [-0.4, -0.2) is 10.0 Å². The Morgan fingerprint density at radius 3 is 2.50 bits per heavy atom. The molecule has 0 unspecified atom stereocenters. The van der Waals surface area contributed by atoms with Gasteiger partial charge in [0, 0.05) is 18.1 Å². The van der Waals surface area contributed by atoms with E-state index in [0.717, 1.165) is 11.1 Å². The molecule has 0 atom stereocenters. The van der Waals surface area contributed by atoms with Gasteiger partial charge in [-0.25, -0.2) is 0 Å². The molecule has 0 aliphatic heterocycles. The second-order valence-electron chi connectivity index (χ2n) is 4.21. The van der Waals surface area contributed by atoms with Gasteiger partial charge in [0.05, 0.1) is 4.92 Å². The molecule has 18 heavy (non-hydrogen) atoms. The van der Waals surface area contributed by atoms with Crippen molar-refractivity contribution in [2.75, 3.05) is 0 Å². The van der Waals surface area contributed by atoms with Crippen molar-refractivity contribution in [3.8, 4) is 5.75 Å². The fourth-order valence-corrected chi connectivity index (χ4v) is 1.92. The summed E-state index contributed by atoms with van der Waals surface area (Å²) in [5.74, 6) is -0.241. The molecule has 0 radical (unpaired) electrons. The van der Waals surface area contributed by atoms with Gasteiger partial charge in [0.2, 0.25) is 0 Å². The minimum atomic E-state index is -0.559. The van der Waals surface area contributed by atoms with Crippen molar-refractivity contribution in [3.63, 3.8) is 0 Å². The number of phenolic OH excluding ortho intramolecular Hbond substituents is 1. The highest BCUT2D eigenvalue weighted by atomic mass is 16.6. The van der Waals surface area contributed by atoms with Gasteiger partial charge in [-0.15, -0.1) is 0 Å². The molecule has 2 aromatic rings. The topological polar surface area (TPSA) is 63.4 Å². The number of nitro benzene ring substituents is 1. The van der Waals surface area contributed by atoms with Crippen molar-refractivity contribution in [1.29, 1.82) is 0 Å². The molecule has 2 rings (SSSR count). The molecule has 0 bridgehead atoms. The molecule has 0 aliphatic rings. The highest BCUT2D eigenvalue weighted by molar-refractivity contribution is 5.54. The molecule has 92 valence electrons. The molecule has 1 N–H and O–H groups in total. The number of nitro groups is 1. The van der Waals surface area contributed by atoms with E-state index < -0.39 is 4.92 Å². The summed E-state index contributed by atoms with van der Waals surface area (Å²) in [6.45, 7) is 1.78. The van der Waals surface area contributed by atoms with E-state index in [1.54, 1.807) is 13.0 Å². The molecule has 4 heteroatoms. The summed E-state index contributed by atoms with van der Waals surface area (Å²) in [5.41, 5.74) is 2.12. The normalized spacial score (nSPS) is 10.3. The SMILES string of the molecule is Cc1cc(Cc2ccccc2)c(O)c([N+](=O)[O-])c1. The summed E-state index contributed by atoms with van der Waals surface area (Å²) in [5, 5.41) is 20.7. The number of hydrogen-bond acceptors (Lipinski definition) is 3. The summed E-state index contributed by atoms with van der Waals surface area (Å²) in [7, 11) is 0. The van der Waals surface area contributed by atoms with Gasteiger partial charge in [-0.3, -0.25) is 10.1 Å². The van der Waals surface area contributed by atoms with E-state index in [1.165, 1.54) is 6.07 Å². The third kappa shape index (κ3) is 2.48. The lowest BCUT2D eigenvalue weighted by Gasteiger charge is -2.07. The van der Waals surface area contributed by atoms with Gasteiger partial charge >= 0.3 is 5.69 Å². The van der Waals surface area contributed by atoms with E-state index in [4.69, 9.17) is 0 Å². The van der Waals surface area contributed by atoms with Gasteiger partial charge in [0.1, 0.15) is 0 Å². The molecule has 0 fully saturated rings. The number of rotatable bonds is 3. The summed E-state index contributed by atoms with van der Waals surface area (Å²) < 4.78 is 0. The fraction of sp³-hybridized carbons (Fsp3) is 0.143. The number of phenols is 1. The van der Waals surface area contributed by atoms with Gasteiger partial charge in [-0.2, -0.15) is 0 Å². The van der Waals surface area contributed by atoms with E-state index in [2.05, 4.69) is 0 Å². The van der Waals surface area contributed by atoms with Gasteiger partial charge in [0.15, 0.2) is 5.75 Å². The van der Waals surface area contributed by atoms with Gasteiger partial charge in [-0.05, 0) is 18.1 Å². The molecule has 0 aromatic heterocycles. The lowest BCUT2D eigenvalue weighted by atomic mass is 10.0. The monoisotopic (exact) mass is 243 g/mol. The predicted molar refractivity (Wildman–Crippen MR) is 68.7 cm³/mol. The van der Waals surface area contributed by atoms with Crippen LogP contribution in [0.1, 0.15) is 16.7 Å². The quantitative estimate of drug-likeness (QED) is 0.665. The first-order chi connectivity index (χ1) is 8.58. The summed E-state index contributed by atoms with van der Waals surface area (Å²) in [6.07, 6.45) is 0.481. The maximum Gasteiger partial charge on any atom is 0.311 e. The third-order valence-corrected chi connectivity index (χ3v) is 2.75. The van der Waals surface area contributed by atoms with Crippen LogP contribution in [0.25, 0.3) is 0 Å². The van der Waals surface area contributed by atoms with E-state index in [0.29, 0.717) is 12.0 Å². The van der Waals surface area contributed by atoms with E-state index >= 15 is 0 Å². The van der Waals surface area contributed by atoms with E-state index in [-0.39, 0.29) is 11.4 Å². The second kappa shape index (κ2) is 4.87. The molecular weight excluding hydrogens is 230 g/mol. The Kier molecular flexibility index (Phi) is 3.28. The molecule has 4 nitrogen and oxygen atoms in total. The van der Waals surface area contributed by atoms with Crippen LogP contribution in [0.3, 0.4) is 0 Å². The molecular formula is C14H13NO3. The molecule has 0 aliphatic carbocycles. The van der Waals surface area contributed by atoms with Crippen LogP contribution >= 0.6 is 0 Å². The number of aromatic hydroxyl groups is 1. The van der Waals surface area contributed by atoms with Crippen LogP contribution in [0.2, 0.25) is 0 Å². The fourth-order valence-electron chi connectivity index (χ4n) is 1.92. The second-order valence-corrected chi connectivity index (χ2v) is 4.21. The summed E-state index contributed by atoms with van der Waals surface area (Å²) in [4.78, 5) is 10.3. The van der Waals surface area contributed by atoms with Crippen LogP contribution in [0, 0.1) is 17.0 Å². The van der Waals surface area contributed by atoms with Crippen molar-refractivity contribution in [3.05, 3.63) is 69.3 Å². The van der Waals surface area contributed by atoms with Crippen LogP contribution in [-0.2, 0) is 6.42 Å². The van der Waals surface area contributed by atoms with Crippen LogP contribution in [0.15, 0.2) is 42.5 Å². The van der Waals surface area contributed by atoms with Gasteiger partial charge < -0.3 is 5.11 Å². The van der Waals surface area contributed by atoms with Crippen molar-refractivity contribution in [1.82, 2.24) is 0 Å². The van der Waals surface area contributed by atoms with Crippen LogP contribution in [0.4, 0.5) is 5.69 Å². The van der Waals surface area contributed by atoms with E-state index in [1.807, 2.05) is 30.3 Å². The molecule has 0 saturated carbocycles. The summed E-state index contributed by atoms with van der Waals surface area (Å²) >= 11 is 0. The first-order valence-electron chi connectivity index (χ1n) is 5.58. The van der Waals surface area contributed by atoms with Crippen molar-refractivity contribution >= 4 is 5.69 Å². The molecule has 2 aromatic carbocycles. The highest BCUT2D eigenvalue weighted by Gasteiger charge is 2.17. The number of benzene rings is 2. The van der Waals surface area contributed by atoms with Crippen LogP contribution < -0.4 is 0 Å². The minimum absolute atomic E-state index is 0.235. The molecule has 0 spiro atoms. The number of nitrogens with zero attached hydrogens (tertiary/aromatic N) is 1. The van der Waals surface area contributed by atoms with Gasteiger partial charge in [-0.1, -0.05) is 36.4 Å². The molecule has 0 heterocycles. The largest absolute Gasteiger partial charge is 0.502 e. The molecule has 0 amide bonds. The van der Waals surface area contributed by atoms with Gasteiger partial charge in [0.25, 0.3) is 0 Å². The zero-order valence-electron chi connectivity index (χ0n) is 9.96. The van der Waals surface area contributed by atoms with Crippen LogP contribution in [0.5, 0.6) is 5.75 Å². The number of aryl methyl sites for hydroxylation is 1. The van der Waals surface area contributed by atoms with Crippen molar-refractivity contribution < 1.29 is 10.0 Å². The Morgan fingerprint density at radius 2 is 1.89 bits per heavy atom. The standard InChI is InChI=1S/C14H13NO3/c1-10-7-12(9-11-5-3-2-4-6-11)14(16)13(8-10)15(17)18/h2-8,16H,9H2,1H3. The Bertz CT molecular complexity index is 579. The number of hydrogen-bond donors (Lipinski definition) is 1. The first-order valence-corrected chi connectivity index (χ1v) is 5.58. The Morgan fingerprint density at radius 1 is 1.22 bits per heavy atom. The maximum atomic E-state index is 10.8. The zero-order valence-corrected chi connectivity index (χ0v) is 9.96. The average molecular weight is 243 g/mol. The first kappa shape index (κ1) is 12.1. The lowest BCUT2D eigenvalue weighted by molar-refractivity contribution is -0.386. The Hall–Kier alpha value is -2.36. The smallest absolute Gasteiger partial charge is 0.311 e. The van der Waals surface area contributed by atoms with E-state index in [9.17, 15) is 15.2 Å². The summed E-state index contributed by atoms with van der Waals surface area (Å²) in [6, 6.07) is 12.7. The highest BCUT2D eigenvalue weighted by Crippen LogP contribution is 2.32. The predicted octanol–water partition coefficient (Wildman–Crippen LogP) is 3.20. The maximum absolute atomic E-state index is 10.8. The minimum Gasteiger partial charge on any atom is -0.502 e. The Balaban J connectivity index is 2.42. The molecule has 0 saturated heterocycles. The van der Waals surface area contributed by atoms with Crippen molar-refractivity contribution in [2.24, 2.45) is 0 Å².